The van der Waals surface area contributed by atoms with Crippen molar-refractivity contribution in [2.24, 2.45) is 5.73 Å². The van der Waals surface area contributed by atoms with Crippen molar-refractivity contribution in [2.45, 2.75) is 6.42 Å². The third kappa shape index (κ3) is 1.06. The summed E-state index contributed by atoms with van der Waals surface area (Å²) in [6, 6.07) is 2.14. The number of aromatic amines is 1. The van der Waals surface area contributed by atoms with Crippen molar-refractivity contribution in [1.82, 2.24) is 4.98 Å². The SMILES string of the molecule is NCCc1c[nH]c2sccc12. The van der Waals surface area contributed by atoms with Crippen LogP contribution in [0.2, 0.25) is 0 Å². The van der Waals surface area contributed by atoms with Crippen molar-refractivity contribution in [3.63, 3.8) is 0 Å². The number of fused-ring (bicyclic) bond motifs is 1. The van der Waals surface area contributed by atoms with Crippen LogP contribution in [0.5, 0.6) is 0 Å². The molecule has 0 amide bonds. The predicted octanol–water partition coefficient (Wildman–Crippen LogP) is 1.73. The lowest BCUT2D eigenvalue weighted by Crippen LogP contribution is -2.01. The normalized spacial score (nSPS) is 11.0. The lowest BCUT2D eigenvalue weighted by atomic mass is 10.2. The Balaban J connectivity index is 2.51. The number of aromatic nitrogens is 1. The van der Waals surface area contributed by atoms with Gasteiger partial charge in [-0.3, -0.25) is 0 Å². The van der Waals surface area contributed by atoms with Gasteiger partial charge < -0.3 is 10.7 Å². The van der Waals surface area contributed by atoms with E-state index in [1.807, 2.05) is 6.20 Å². The lowest BCUT2D eigenvalue weighted by Gasteiger charge is -1.90. The van der Waals surface area contributed by atoms with Crippen molar-refractivity contribution in [3.8, 4) is 0 Å². The molecule has 0 saturated carbocycles. The van der Waals surface area contributed by atoms with E-state index in [-0.39, 0.29) is 0 Å². The van der Waals surface area contributed by atoms with Gasteiger partial charge in [0.2, 0.25) is 0 Å². The Labute approximate surface area is 69.0 Å². The van der Waals surface area contributed by atoms with Gasteiger partial charge in [-0.1, -0.05) is 0 Å². The van der Waals surface area contributed by atoms with Crippen LogP contribution in [-0.2, 0) is 6.42 Å². The molecule has 11 heavy (non-hydrogen) atoms. The molecule has 2 nitrogen and oxygen atoms in total. The summed E-state index contributed by atoms with van der Waals surface area (Å²) in [5.41, 5.74) is 6.81. The van der Waals surface area contributed by atoms with Crippen molar-refractivity contribution in [1.29, 1.82) is 0 Å². The van der Waals surface area contributed by atoms with E-state index >= 15 is 0 Å². The molecular weight excluding hydrogens is 156 g/mol. The molecule has 3 N–H and O–H groups in total. The van der Waals surface area contributed by atoms with E-state index in [9.17, 15) is 0 Å². The van der Waals surface area contributed by atoms with Crippen LogP contribution in [0.25, 0.3) is 10.2 Å². The first-order valence-electron chi connectivity index (χ1n) is 3.65. The largest absolute Gasteiger partial charge is 0.353 e. The summed E-state index contributed by atoms with van der Waals surface area (Å²) in [5, 5.41) is 3.43. The summed E-state index contributed by atoms with van der Waals surface area (Å²) in [5.74, 6) is 0. The van der Waals surface area contributed by atoms with E-state index in [0.717, 1.165) is 13.0 Å². The summed E-state index contributed by atoms with van der Waals surface area (Å²) >= 11 is 1.74. The smallest absolute Gasteiger partial charge is 0.0999 e. The second kappa shape index (κ2) is 2.68. The van der Waals surface area contributed by atoms with E-state index in [2.05, 4.69) is 16.4 Å². The summed E-state index contributed by atoms with van der Waals surface area (Å²) in [4.78, 5) is 4.47. The zero-order valence-electron chi connectivity index (χ0n) is 6.13. The van der Waals surface area contributed by atoms with E-state index in [1.165, 1.54) is 15.8 Å². The second-order valence-electron chi connectivity index (χ2n) is 2.52. The number of H-pyrrole nitrogens is 1. The van der Waals surface area contributed by atoms with Crippen LogP contribution in [0.1, 0.15) is 5.56 Å². The molecule has 2 heterocycles. The topological polar surface area (TPSA) is 41.8 Å². The molecule has 3 heteroatoms. The fourth-order valence-corrected chi connectivity index (χ4v) is 2.06. The van der Waals surface area contributed by atoms with Gasteiger partial charge in [-0.05, 0) is 30.0 Å². The predicted molar refractivity (Wildman–Crippen MR) is 48.9 cm³/mol. The lowest BCUT2D eigenvalue weighted by molar-refractivity contribution is 0.976. The standard InChI is InChI=1S/C8H10N2S/c9-3-1-6-5-10-8-7(6)2-4-11-8/h2,4-5,10H,1,3,9H2. The van der Waals surface area contributed by atoms with E-state index in [1.54, 1.807) is 11.3 Å². The zero-order valence-corrected chi connectivity index (χ0v) is 6.95. The summed E-state index contributed by atoms with van der Waals surface area (Å²) in [7, 11) is 0. The number of nitrogens with one attached hydrogen (secondary N) is 1. The van der Waals surface area contributed by atoms with E-state index in [0.29, 0.717) is 0 Å². The van der Waals surface area contributed by atoms with Gasteiger partial charge in [0.15, 0.2) is 0 Å². The minimum atomic E-state index is 0.725. The maximum Gasteiger partial charge on any atom is 0.0999 e. The molecular formula is C8H10N2S. The van der Waals surface area contributed by atoms with Crippen molar-refractivity contribution in [2.75, 3.05) is 6.54 Å². The summed E-state index contributed by atoms with van der Waals surface area (Å²) in [6.07, 6.45) is 3.02. The number of thiophene rings is 1. The number of hydrogen-bond donors (Lipinski definition) is 2. The number of hydrogen-bond acceptors (Lipinski definition) is 2. The van der Waals surface area contributed by atoms with Crippen LogP contribution >= 0.6 is 11.3 Å². The highest BCUT2D eigenvalue weighted by Crippen LogP contribution is 2.23. The summed E-state index contributed by atoms with van der Waals surface area (Å²) < 4.78 is 0. The van der Waals surface area contributed by atoms with Gasteiger partial charge in [0.05, 0.1) is 4.83 Å². The molecule has 0 aliphatic heterocycles. The fraction of sp³-hybridized carbons (Fsp3) is 0.250. The Morgan fingerprint density at radius 2 is 2.45 bits per heavy atom. The number of rotatable bonds is 2. The van der Waals surface area contributed by atoms with Crippen molar-refractivity contribution >= 4 is 21.6 Å². The first-order chi connectivity index (χ1) is 5.42. The van der Waals surface area contributed by atoms with E-state index in [4.69, 9.17) is 5.73 Å². The molecule has 0 bridgehead atoms. The minimum Gasteiger partial charge on any atom is -0.353 e. The van der Waals surface area contributed by atoms with Crippen LogP contribution in [0.15, 0.2) is 17.6 Å². The summed E-state index contributed by atoms with van der Waals surface area (Å²) in [6.45, 7) is 0.725. The molecule has 0 saturated heterocycles. The maximum absolute atomic E-state index is 5.47. The van der Waals surface area contributed by atoms with Gasteiger partial charge in [0.25, 0.3) is 0 Å². The van der Waals surface area contributed by atoms with Gasteiger partial charge in [-0.2, -0.15) is 0 Å². The highest BCUT2D eigenvalue weighted by Gasteiger charge is 2.01. The third-order valence-corrected chi connectivity index (χ3v) is 2.65. The Kier molecular flexibility index (Phi) is 1.68. The fourth-order valence-electron chi connectivity index (χ4n) is 1.27. The first-order valence-corrected chi connectivity index (χ1v) is 4.53. The zero-order chi connectivity index (χ0) is 7.68. The molecule has 0 unspecified atom stereocenters. The van der Waals surface area contributed by atoms with Gasteiger partial charge in [-0.15, -0.1) is 11.3 Å². The third-order valence-electron chi connectivity index (χ3n) is 1.80. The molecule has 2 aromatic rings. The molecule has 0 spiro atoms. The van der Waals surface area contributed by atoms with Gasteiger partial charge in [0, 0.05) is 11.6 Å². The molecule has 0 atom stereocenters. The molecule has 0 aliphatic rings. The Bertz CT molecular complexity index is 347. The Hall–Kier alpha value is -0.800. The van der Waals surface area contributed by atoms with Crippen molar-refractivity contribution in [3.05, 3.63) is 23.2 Å². The highest BCUT2D eigenvalue weighted by atomic mass is 32.1. The highest BCUT2D eigenvalue weighted by molar-refractivity contribution is 7.16. The molecule has 2 aromatic heterocycles. The average molecular weight is 166 g/mol. The van der Waals surface area contributed by atoms with Crippen LogP contribution in [0.4, 0.5) is 0 Å². The van der Waals surface area contributed by atoms with Crippen LogP contribution in [0, 0.1) is 0 Å². The molecule has 0 radical (unpaired) electrons. The monoisotopic (exact) mass is 166 g/mol. The molecule has 58 valence electrons. The molecule has 0 fully saturated rings. The molecule has 0 aliphatic carbocycles. The van der Waals surface area contributed by atoms with Crippen LogP contribution in [0.3, 0.4) is 0 Å². The van der Waals surface area contributed by atoms with Crippen LogP contribution < -0.4 is 5.73 Å². The number of nitrogens with two attached hydrogens (primary N) is 1. The quantitative estimate of drug-likeness (QED) is 0.701. The molecule has 2 rings (SSSR count). The Morgan fingerprint density at radius 3 is 3.27 bits per heavy atom. The van der Waals surface area contributed by atoms with Crippen molar-refractivity contribution < 1.29 is 0 Å². The van der Waals surface area contributed by atoms with Gasteiger partial charge in [0.1, 0.15) is 0 Å². The maximum atomic E-state index is 5.47. The first kappa shape index (κ1) is 6.88. The van der Waals surface area contributed by atoms with Crippen LogP contribution in [-0.4, -0.2) is 11.5 Å². The van der Waals surface area contributed by atoms with Gasteiger partial charge in [-0.25, -0.2) is 0 Å². The molecule has 0 aromatic carbocycles. The average Bonchev–Trinajstić information content (AvgIpc) is 2.53. The van der Waals surface area contributed by atoms with E-state index < -0.39 is 0 Å². The van der Waals surface area contributed by atoms with Gasteiger partial charge >= 0.3 is 0 Å². The Morgan fingerprint density at radius 1 is 1.55 bits per heavy atom. The minimum absolute atomic E-state index is 0.725. The second-order valence-corrected chi connectivity index (χ2v) is 3.43.